The first-order valence-corrected chi connectivity index (χ1v) is 13.4. The molecule has 0 unspecified atom stereocenters. The Bertz CT molecular complexity index is 1340. The number of fused-ring (bicyclic) bond motifs is 1. The van der Waals surface area contributed by atoms with Gasteiger partial charge in [-0.05, 0) is 25.5 Å². The first-order valence-electron chi connectivity index (χ1n) is 13.4. The lowest BCUT2D eigenvalue weighted by Crippen LogP contribution is -2.60. The number of halogens is 1. The zero-order valence-corrected chi connectivity index (χ0v) is 24.2. The van der Waals surface area contributed by atoms with Gasteiger partial charge in [0.25, 0.3) is 11.5 Å². The number of amides is 2. The molecule has 1 fully saturated rings. The Hall–Kier alpha value is -3.95. The average molecular weight is 541 g/mol. The van der Waals surface area contributed by atoms with Gasteiger partial charge in [-0.25, -0.2) is 9.37 Å². The van der Waals surface area contributed by atoms with E-state index in [1.165, 1.54) is 22.5 Å². The summed E-state index contributed by atoms with van der Waals surface area (Å²) in [6.07, 6.45) is 1.55. The Balaban J connectivity index is 0.00000127. The molecular formula is C29H41FN6O3. The summed E-state index contributed by atoms with van der Waals surface area (Å²) in [5.41, 5.74) is 1.37. The molecule has 0 saturated carbocycles. The number of benzene rings is 1. The largest absolute Gasteiger partial charge is 0.386 e. The van der Waals surface area contributed by atoms with Crippen molar-refractivity contribution < 1.29 is 14.0 Å². The van der Waals surface area contributed by atoms with Crippen molar-refractivity contribution in [2.45, 2.75) is 60.3 Å². The van der Waals surface area contributed by atoms with Gasteiger partial charge in [0.2, 0.25) is 5.91 Å². The van der Waals surface area contributed by atoms with Crippen LogP contribution in [-0.4, -0.2) is 59.1 Å². The number of anilines is 2. The van der Waals surface area contributed by atoms with Crippen LogP contribution in [0.15, 0.2) is 41.3 Å². The minimum Gasteiger partial charge on any atom is -0.386 e. The predicted molar refractivity (Wildman–Crippen MR) is 156 cm³/mol. The number of nitrogens with zero attached hydrogens (tertiary/aromatic N) is 3. The lowest BCUT2D eigenvalue weighted by Gasteiger charge is -2.42. The van der Waals surface area contributed by atoms with Crippen LogP contribution in [0.2, 0.25) is 0 Å². The number of nitrogens with one attached hydrogen (secondary N) is 3. The van der Waals surface area contributed by atoms with Crippen LogP contribution < -0.4 is 21.5 Å². The van der Waals surface area contributed by atoms with E-state index in [2.05, 4.69) is 20.9 Å². The minimum atomic E-state index is -1.43. The van der Waals surface area contributed by atoms with Crippen molar-refractivity contribution in [3.05, 3.63) is 63.6 Å². The molecule has 0 atom stereocenters. The highest BCUT2D eigenvalue weighted by molar-refractivity contribution is 6.02. The van der Waals surface area contributed by atoms with Crippen LogP contribution in [0.1, 0.15) is 56.1 Å². The zero-order chi connectivity index (χ0) is 29.3. The molecule has 2 amide bonds. The number of carbonyl (C=O) groups is 2. The van der Waals surface area contributed by atoms with Crippen LogP contribution >= 0.6 is 0 Å². The molecular weight excluding hydrogens is 499 g/mol. The molecule has 1 aliphatic heterocycles. The molecule has 0 radical (unpaired) electrons. The summed E-state index contributed by atoms with van der Waals surface area (Å²) in [5, 5.41) is 9.40. The maximum atomic E-state index is 13.9. The van der Waals surface area contributed by atoms with E-state index in [9.17, 15) is 18.8 Å². The van der Waals surface area contributed by atoms with Crippen LogP contribution in [0, 0.1) is 6.92 Å². The first-order chi connectivity index (χ1) is 18.6. The second kappa shape index (κ2) is 13.7. The number of carbonyl (C=O) groups excluding carboxylic acids is 2. The molecule has 212 valence electrons. The molecule has 9 nitrogen and oxygen atoms in total. The quantitative estimate of drug-likeness (QED) is 0.412. The van der Waals surface area contributed by atoms with Crippen molar-refractivity contribution in [3.63, 3.8) is 0 Å². The molecule has 0 spiro atoms. The Morgan fingerprint density at radius 3 is 2.21 bits per heavy atom. The van der Waals surface area contributed by atoms with Gasteiger partial charge in [0, 0.05) is 26.0 Å². The fraction of sp³-hybridized carbons (Fsp3) is 0.448. The monoisotopic (exact) mass is 540 g/mol. The average Bonchev–Trinajstić information content (AvgIpc) is 2.93. The molecule has 0 bridgehead atoms. The number of rotatable bonds is 7. The zero-order valence-electron chi connectivity index (χ0n) is 24.2. The number of pyridine rings is 2. The first kappa shape index (κ1) is 31.3. The van der Waals surface area contributed by atoms with E-state index in [1.54, 1.807) is 20.3 Å². The molecule has 39 heavy (non-hydrogen) atoms. The number of alkyl halides is 1. The Kier molecular flexibility index (Phi) is 11.0. The Labute approximate surface area is 229 Å². The molecule has 1 saturated heterocycles. The standard InChI is InChI=1S/C25H29FN6O3.2C2H6/c1-15-5-7-16(8-6-15)10-30-23(34)18-9-17-21(28-4)19(27-3)11-29-22(17)32(24(18)35)12-20(33)31-13-25(2,26)14-31;2*1-2/h5-9,11,27H,10,12-14H2,1-4H3,(H,28,29)(H,30,34);2*1-2H3. The van der Waals surface area contributed by atoms with Gasteiger partial charge in [-0.2, -0.15) is 0 Å². The maximum absolute atomic E-state index is 13.9. The van der Waals surface area contributed by atoms with E-state index < -0.39 is 23.0 Å². The lowest BCUT2D eigenvalue weighted by molar-refractivity contribution is -0.144. The van der Waals surface area contributed by atoms with Gasteiger partial charge in [-0.1, -0.05) is 57.5 Å². The van der Waals surface area contributed by atoms with Gasteiger partial charge in [0.1, 0.15) is 23.4 Å². The van der Waals surface area contributed by atoms with Gasteiger partial charge in [0.05, 0.1) is 30.7 Å². The summed E-state index contributed by atoms with van der Waals surface area (Å²) in [6, 6.07) is 9.18. The molecule has 1 aliphatic rings. The van der Waals surface area contributed by atoms with Gasteiger partial charge in [0.15, 0.2) is 0 Å². The van der Waals surface area contributed by atoms with Crippen LogP contribution in [0.3, 0.4) is 0 Å². The van der Waals surface area contributed by atoms with E-state index in [-0.39, 0.29) is 37.4 Å². The van der Waals surface area contributed by atoms with Crippen molar-refractivity contribution in [1.29, 1.82) is 0 Å². The van der Waals surface area contributed by atoms with Crippen LogP contribution in [0.5, 0.6) is 0 Å². The highest BCUT2D eigenvalue weighted by Gasteiger charge is 2.41. The summed E-state index contributed by atoms with van der Waals surface area (Å²) in [7, 11) is 3.45. The van der Waals surface area contributed by atoms with Crippen molar-refractivity contribution in [2.24, 2.45) is 0 Å². The second-order valence-electron chi connectivity index (χ2n) is 9.06. The van der Waals surface area contributed by atoms with Gasteiger partial charge in [-0.15, -0.1) is 0 Å². The molecule has 3 heterocycles. The smallest absolute Gasteiger partial charge is 0.265 e. The summed E-state index contributed by atoms with van der Waals surface area (Å²) < 4.78 is 15.1. The van der Waals surface area contributed by atoms with Crippen LogP contribution in [-0.2, 0) is 17.9 Å². The maximum Gasteiger partial charge on any atom is 0.265 e. The highest BCUT2D eigenvalue weighted by atomic mass is 19.1. The molecule has 2 aromatic heterocycles. The van der Waals surface area contributed by atoms with Crippen molar-refractivity contribution >= 4 is 34.2 Å². The molecule has 0 aliphatic carbocycles. The van der Waals surface area contributed by atoms with Gasteiger partial charge >= 0.3 is 0 Å². The SMILES string of the molecule is CC.CC.CNc1cnc2c(cc(C(=O)NCc3ccc(C)cc3)c(=O)n2CC(=O)N2CC(C)(F)C2)c1NC. The second-order valence-corrected chi connectivity index (χ2v) is 9.06. The summed E-state index contributed by atoms with van der Waals surface area (Å²) >= 11 is 0. The highest BCUT2D eigenvalue weighted by Crippen LogP contribution is 2.30. The lowest BCUT2D eigenvalue weighted by atomic mass is 9.99. The van der Waals surface area contributed by atoms with E-state index in [1.807, 2.05) is 58.9 Å². The summed E-state index contributed by atoms with van der Waals surface area (Å²) in [6.45, 7) is 11.2. The minimum absolute atomic E-state index is 0.0334. The molecule has 3 N–H and O–H groups in total. The number of aromatic nitrogens is 2. The number of hydrogen-bond acceptors (Lipinski definition) is 6. The van der Waals surface area contributed by atoms with E-state index in [0.717, 1.165) is 11.1 Å². The third kappa shape index (κ3) is 7.13. The Morgan fingerprint density at radius 1 is 1.05 bits per heavy atom. The third-order valence-electron chi connectivity index (χ3n) is 6.14. The van der Waals surface area contributed by atoms with E-state index in [0.29, 0.717) is 16.8 Å². The van der Waals surface area contributed by atoms with Gasteiger partial charge in [-0.3, -0.25) is 19.0 Å². The fourth-order valence-electron chi connectivity index (χ4n) is 4.23. The molecule has 10 heteroatoms. The van der Waals surface area contributed by atoms with Crippen LogP contribution in [0.25, 0.3) is 11.0 Å². The number of aryl methyl sites for hydroxylation is 1. The van der Waals surface area contributed by atoms with Gasteiger partial charge < -0.3 is 20.9 Å². The van der Waals surface area contributed by atoms with Crippen LogP contribution in [0.4, 0.5) is 15.8 Å². The van der Waals surface area contributed by atoms with Crippen molar-refractivity contribution in [1.82, 2.24) is 19.8 Å². The molecule has 3 aromatic rings. The van der Waals surface area contributed by atoms with E-state index >= 15 is 0 Å². The number of likely N-dealkylation sites (tertiary alicyclic amines) is 1. The Morgan fingerprint density at radius 2 is 1.67 bits per heavy atom. The third-order valence-corrected chi connectivity index (χ3v) is 6.14. The molecule has 1 aromatic carbocycles. The normalized spacial score (nSPS) is 13.2. The van der Waals surface area contributed by atoms with E-state index in [4.69, 9.17) is 0 Å². The fourth-order valence-corrected chi connectivity index (χ4v) is 4.23. The summed E-state index contributed by atoms with van der Waals surface area (Å²) in [4.78, 5) is 45.1. The summed E-state index contributed by atoms with van der Waals surface area (Å²) in [5.74, 6) is -0.970. The molecule has 4 rings (SSSR count). The van der Waals surface area contributed by atoms with Crippen molar-refractivity contribution in [2.75, 3.05) is 37.8 Å². The predicted octanol–water partition coefficient (Wildman–Crippen LogP) is 4.34. The van der Waals surface area contributed by atoms with Crippen molar-refractivity contribution in [3.8, 4) is 0 Å². The number of hydrogen-bond donors (Lipinski definition) is 3. The topological polar surface area (TPSA) is 108 Å².